The Morgan fingerprint density at radius 3 is 2.75 bits per heavy atom. The van der Waals surface area contributed by atoms with Crippen molar-refractivity contribution in [2.24, 2.45) is 0 Å². The fourth-order valence-corrected chi connectivity index (χ4v) is 3.12. The number of Topliss-reactive ketones (excluding diaryl/α,β-unsaturated/α-hetero) is 1. The summed E-state index contributed by atoms with van der Waals surface area (Å²) in [5.41, 5.74) is 0.945. The topological polar surface area (TPSA) is 39.2 Å². The molecule has 1 aromatic carbocycles. The molecule has 0 atom stereocenters. The lowest BCUT2D eigenvalue weighted by Gasteiger charge is -2.34. The summed E-state index contributed by atoms with van der Waals surface area (Å²) in [4.78, 5) is 17.2. The first-order valence-electron chi connectivity index (χ1n) is 7.20. The minimum atomic E-state index is -0.624. The summed E-state index contributed by atoms with van der Waals surface area (Å²) in [5, 5.41) is 1.05. The number of pyridine rings is 1. The number of hydrogen-bond acceptors (Lipinski definition) is 3. The van der Waals surface area contributed by atoms with E-state index in [0.29, 0.717) is 5.56 Å². The van der Waals surface area contributed by atoms with Gasteiger partial charge in [-0.05, 0) is 25.0 Å². The van der Waals surface area contributed by atoms with Gasteiger partial charge in [0.25, 0.3) is 0 Å². The second-order valence-corrected chi connectivity index (χ2v) is 5.50. The van der Waals surface area contributed by atoms with Gasteiger partial charge in [0.15, 0.2) is 5.78 Å². The number of fused-ring (bicyclic) bond motifs is 1. The van der Waals surface area contributed by atoms with Gasteiger partial charge in [0.05, 0.1) is 5.52 Å². The molecule has 3 nitrogen and oxygen atoms in total. The molecule has 1 saturated carbocycles. The summed E-state index contributed by atoms with van der Waals surface area (Å²) < 4.78 is 5.64. The molecule has 1 heterocycles. The zero-order chi connectivity index (χ0) is 14.0. The number of aromatic nitrogens is 1. The lowest BCUT2D eigenvalue weighted by molar-refractivity contribution is -0.0194. The molecule has 2 aromatic rings. The predicted molar refractivity (Wildman–Crippen MR) is 78.9 cm³/mol. The Kier molecular flexibility index (Phi) is 3.53. The van der Waals surface area contributed by atoms with E-state index in [9.17, 15) is 4.79 Å². The highest BCUT2D eigenvalue weighted by atomic mass is 16.5. The Hall–Kier alpha value is -1.74. The highest BCUT2D eigenvalue weighted by molar-refractivity contribution is 6.04. The van der Waals surface area contributed by atoms with E-state index in [-0.39, 0.29) is 5.78 Å². The molecule has 0 N–H and O–H groups in total. The molecule has 3 rings (SSSR count). The maximum Gasteiger partial charge on any atom is 0.194 e. The first-order valence-corrected chi connectivity index (χ1v) is 7.20. The standard InChI is InChI=1S/C17H19NO2/c1-20-17(9-3-2-4-10-17)16(19)14-8-7-13-6-5-11-18-15(13)12-14/h5-8,11-12H,2-4,9-10H2,1H3. The average Bonchev–Trinajstić information content (AvgIpc) is 2.54. The Morgan fingerprint density at radius 2 is 2.00 bits per heavy atom. The van der Waals surface area contributed by atoms with E-state index in [4.69, 9.17) is 4.74 Å². The van der Waals surface area contributed by atoms with Gasteiger partial charge in [-0.1, -0.05) is 37.5 Å². The third-order valence-electron chi connectivity index (χ3n) is 4.33. The van der Waals surface area contributed by atoms with Crippen molar-refractivity contribution in [1.82, 2.24) is 4.98 Å². The van der Waals surface area contributed by atoms with Crippen LogP contribution in [0.5, 0.6) is 0 Å². The summed E-state index contributed by atoms with van der Waals surface area (Å²) in [5.74, 6) is 0.104. The minimum Gasteiger partial charge on any atom is -0.370 e. The number of carbonyl (C=O) groups excluding carboxylic acids is 1. The molecule has 0 bridgehead atoms. The van der Waals surface area contributed by atoms with Crippen LogP contribution in [-0.4, -0.2) is 23.5 Å². The van der Waals surface area contributed by atoms with Crippen molar-refractivity contribution in [3.63, 3.8) is 0 Å². The molecule has 0 radical (unpaired) electrons. The summed E-state index contributed by atoms with van der Waals surface area (Å²) >= 11 is 0. The lowest BCUT2D eigenvalue weighted by Crippen LogP contribution is -2.42. The van der Waals surface area contributed by atoms with Gasteiger partial charge < -0.3 is 4.74 Å². The Balaban J connectivity index is 1.98. The summed E-state index contributed by atoms with van der Waals surface area (Å²) in [7, 11) is 1.66. The number of hydrogen-bond donors (Lipinski definition) is 0. The highest BCUT2D eigenvalue weighted by Crippen LogP contribution is 2.34. The van der Waals surface area contributed by atoms with Crippen LogP contribution < -0.4 is 0 Å². The Labute approximate surface area is 119 Å². The lowest BCUT2D eigenvalue weighted by atomic mass is 9.79. The van der Waals surface area contributed by atoms with Gasteiger partial charge in [-0.3, -0.25) is 9.78 Å². The zero-order valence-electron chi connectivity index (χ0n) is 11.8. The molecular weight excluding hydrogens is 250 g/mol. The first kappa shape index (κ1) is 13.3. The third-order valence-corrected chi connectivity index (χ3v) is 4.33. The fourth-order valence-electron chi connectivity index (χ4n) is 3.12. The van der Waals surface area contributed by atoms with Crippen LogP contribution in [0.1, 0.15) is 42.5 Å². The van der Waals surface area contributed by atoms with Gasteiger partial charge in [0, 0.05) is 24.3 Å². The van der Waals surface area contributed by atoms with Crippen molar-refractivity contribution in [2.75, 3.05) is 7.11 Å². The molecule has 0 aliphatic heterocycles. The number of ketones is 1. The van der Waals surface area contributed by atoms with E-state index >= 15 is 0 Å². The van der Waals surface area contributed by atoms with Crippen molar-refractivity contribution in [3.05, 3.63) is 42.1 Å². The number of methoxy groups -OCH3 is 1. The molecule has 0 saturated heterocycles. The SMILES string of the molecule is COC1(C(=O)c2ccc3cccnc3c2)CCCCC1. The first-order chi connectivity index (χ1) is 9.75. The van der Waals surface area contributed by atoms with E-state index in [2.05, 4.69) is 4.98 Å². The van der Waals surface area contributed by atoms with Crippen LogP contribution in [0.4, 0.5) is 0 Å². The average molecular weight is 269 g/mol. The molecule has 1 fully saturated rings. The highest BCUT2D eigenvalue weighted by Gasteiger charge is 2.39. The van der Waals surface area contributed by atoms with E-state index in [0.717, 1.165) is 36.6 Å². The van der Waals surface area contributed by atoms with Crippen molar-refractivity contribution >= 4 is 16.7 Å². The predicted octanol–water partition coefficient (Wildman–Crippen LogP) is 3.77. The smallest absolute Gasteiger partial charge is 0.194 e. The number of carbonyl (C=O) groups is 1. The minimum absolute atomic E-state index is 0.104. The summed E-state index contributed by atoms with van der Waals surface area (Å²) in [6, 6.07) is 9.64. The maximum absolute atomic E-state index is 12.8. The largest absolute Gasteiger partial charge is 0.370 e. The van der Waals surface area contributed by atoms with Crippen LogP contribution in [0.15, 0.2) is 36.5 Å². The molecule has 1 aliphatic carbocycles. The molecule has 1 aliphatic rings. The van der Waals surface area contributed by atoms with E-state index in [1.165, 1.54) is 6.42 Å². The molecule has 3 heteroatoms. The van der Waals surface area contributed by atoms with Gasteiger partial charge in [0.2, 0.25) is 0 Å². The molecule has 1 aromatic heterocycles. The molecule has 0 amide bonds. The molecular formula is C17H19NO2. The molecule has 0 spiro atoms. The summed E-state index contributed by atoms with van der Waals surface area (Å²) in [6.07, 6.45) is 6.71. The van der Waals surface area contributed by atoms with E-state index in [1.54, 1.807) is 13.3 Å². The summed E-state index contributed by atoms with van der Waals surface area (Å²) in [6.45, 7) is 0. The molecule has 20 heavy (non-hydrogen) atoms. The van der Waals surface area contributed by atoms with Gasteiger partial charge in [-0.2, -0.15) is 0 Å². The van der Waals surface area contributed by atoms with Gasteiger partial charge in [0.1, 0.15) is 5.60 Å². The number of ether oxygens (including phenoxy) is 1. The number of nitrogens with zero attached hydrogens (tertiary/aromatic N) is 1. The second kappa shape index (κ2) is 5.33. The van der Waals surface area contributed by atoms with Crippen LogP contribution in [0.3, 0.4) is 0 Å². The maximum atomic E-state index is 12.8. The van der Waals surface area contributed by atoms with Crippen LogP contribution in [0.25, 0.3) is 10.9 Å². The quantitative estimate of drug-likeness (QED) is 0.796. The number of rotatable bonds is 3. The van der Waals surface area contributed by atoms with Crippen LogP contribution in [0, 0.1) is 0 Å². The Bertz CT molecular complexity index is 630. The van der Waals surface area contributed by atoms with Crippen LogP contribution in [0.2, 0.25) is 0 Å². The Morgan fingerprint density at radius 1 is 1.20 bits per heavy atom. The van der Waals surface area contributed by atoms with E-state index in [1.807, 2.05) is 30.3 Å². The van der Waals surface area contributed by atoms with Gasteiger partial charge >= 0.3 is 0 Å². The second-order valence-electron chi connectivity index (χ2n) is 5.50. The van der Waals surface area contributed by atoms with Crippen LogP contribution >= 0.6 is 0 Å². The molecule has 0 unspecified atom stereocenters. The fraction of sp³-hybridized carbons (Fsp3) is 0.412. The molecule has 104 valence electrons. The van der Waals surface area contributed by atoms with Gasteiger partial charge in [-0.15, -0.1) is 0 Å². The van der Waals surface area contributed by atoms with Crippen molar-refractivity contribution < 1.29 is 9.53 Å². The van der Waals surface area contributed by atoms with Crippen molar-refractivity contribution in [3.8, 4) is 0 Å². The van der Waals surface area contributed by atoms with Gasteiger partial charge in [-0.25, -0.2) is 0 Å². The van der Waals surface area contributed by atoms with E-state index < -0.39 is 5.60 Å². The van der Waals surface area contributed by atoms with Crippen LogP contribution in [-0.2, 0) is 4.74 Å². The third kappa shape index (κ3) is 2.22. The monoisotopic (exact) mass is 269 g/mol. The van der Waals surface area contributed by atoms with Crippen molar-refractivity contribution in [1.29, 1.82) is 0 Å². The number of benzene rings is 1. The normalized spacial score (nSPS) is 18.1. The van der Waals surface area contributed by atoms with Crippen molar-refractivity contribution in [2.45, 2.75) is 37.7 Å². The zero-order valence-corrected chi connectivity index (χ0v) is 11.8.